The van der Waals surface area contributed by atoms with Gasteiger partial charge in [0.05, 0.1) is 12.2 Å². The third-order valence-corrected chi connectivity index (χ3v) is 4.29. The van der Waals surface area contributed by atoms with Crippen molar-refractivity contribution in [2.75, 3.05) is 25.1 Å². The maximum Gasteiger partial charge on any atom is 0.269 e. The molecular formula is C22H26N4O5S. The quantitative estimate of drug-likeness (QED) is 0.259. The van der Waals surface area contributed by atoms with Crippen molar-refractivity contribution in [2.45, 2.75) is 20.3 Å². The molecule has 0 aliphatic carbocycles. The molecule has 0 spiro atoms. The summed E-state index contributed by atoms with van der Waals surface area (Å²) in [6.07, 6.45) is 0.360. The minimum Gasteiger partial charge on any atom is -0.490 e. The molecule has 0 radical (unpaired) electrons. The second kappa shape index (κ2) is 13.0. The Morgan fingerprint density at radius 1 is 0.906 bits per heavy atom. The molecule has 0 heterocycles. The van der Waals surface area contributed by atoms with Crippen molar-refractivity contribution in [2.24, 2.45) is 0 Å². The van der Waals surface area contributed by atoms with Crippen molar-refractivity contribution in [1.82, 2.24) is 16.2 Å². The number of nitrogens with one attached hydrogen (secondary N) is 4. The maximum absolute atomic E-state index is 12.5. The lowest BCUT2D eigenvalue weighted by Crippen LogP contribution is -2.48. The molecule has 0 bridgehead atoms. The van der Waals surface area contributed by atoms with E-state index in [2.05, 4.69) is 21.5 Å². The SMILES string of the molecule is CCOCCOc1ccccc1C(=O)NC(=S)NNC(=O)c1ccc(NC(=O)CC)cc1. The van der Waals surface area contributed by atoms with E-state index in [9.17, 15) is 14.4 Å². The average molecular weight is 459 g/mol. The van der Waals surface area contributed by atoms with Crippen LogP contribution in [-0.2, 0) is 9.53 Å². The van der Waals surface area contributed by atoms with Crippen LogP contribution >= 0.6 is 12.2 Å². The molecule has 32 heavy (non-hydrogen) atoms. The fraction of sp³-hybridized carbons (Fsp3) is 0.273. The minimum absolute atomic E-state index is 0.0840. The van der Waals surface area contributed by atoms with E-state index in [-0.39, 0.29) is 11.0 Å². The number of ether oxygens (including phenoxy) is 2. The molecule has 0 atom stereocenters. The van der Waals surface area contributed by atoms with Gasteiger partial charge in [-0.05, 0) is 55.5 Å². The Hall–Kier alpha value is -3.50. The molecule has 2 rings (SSSR count). The summed E-state index contributed by atoms with van der Waals surface area (Å²) in [6.45, 7) is 4.92. The van der Waals surface area contributed by atoms with E-state index in [0.717, 1.165) is 0 Å². The first-order valence-electron chi connectivity index (χ1n) is 10.1. The number of thiocarbonyl (C=S) groups is 1. The van der Waals surface area contributed by atoms with Crippen molar-refractivity contribution in [3.63, 3.8) is 0 Å². The van der Waals surface area contributed by atoms with Crippen molar-refractivity contribution >= 4 is 40.7 Å². The van der Waals surface area contributed by atoms with Gasteiger partial charge in [0.15, 0.2) is 5.11 Å². The molecule has 2 aromatic carbocycles. The fourth-order valence-corrected chi connectivity index (χ4v) is 2.62. The van der Waals surface area contributed by atoms with Crippen molar-refractivity contribution < 1.29 is 23.9 Å². The summed E-state index contributed by atoms with van der Waals surface area (Å²) in [4.78, 5) is 36.2. The Kier molecular flexibility index (Phi) is 10.1. The average Bonchev–Trinajstić information content (AvgIpc) is 2.81. The first-order valence-corrected chi connectivity index (χ1v) is 10.5. The van der Waals surface area contributed by atoms with Gasteiger partial charge < -0.3 is 14.8 Å². The van der Waals surface area contributed by atoms with E-state index in [1.165, 1.54) is 0 Å². The molecule has 0 aliphatic heterocycles. The lowest BCUT2D eigenvalue weighted by molar-refractivity contribution is -0.115. The third-order valence-electron chi connectivity index (χ3n) is 4.09. The lowest BCUT2D eigenvalue weighted by Gasteiger charge is -2.13. The van der Waals surface area contributed by atoms with Crippen molar-refractivity contribution in [1.29, 1.82) is 0 Å². The molecule has 0 unspecified atom stereocenters. The normalized spacial score (nSPS) is 10.1. The summed E-state index contributed by atoms with van der Waals surface area (Å²) in [6, 6.07) is 13.1. The fourth-order valence-electron chi connectivity index (χ4n) is 2.48. The molecule has 0 saturated carbocycles. The number of para-hydroxylation sites is 1. The molecule has 10 heteroatoms. The Morgan fingerprint density at radius 2 is 1.62 bits per heavy atom. The Bertz CT molecular complexity index is 950. The van der Waals surface area contributed by atoms with Crippen LogP contribution < -0.4 is 26.2 Å². The lowest BCUT2D eigenvalue weighted by atomic mass is 10.2. The number of hydrazine groups is 1. The smallest absolute Gasteiger partial charge is 0.269 e. The molecule has 4 N–H and O–H groups in total. The maximum atomic E-state index is 12.5. The van der Waals surface area contributed by atoms with Gasteiger partial charge in [0, 0.05) is 24.3 Å². The van der Waals surface area contributed by atoms with Crippen LogP contribution in [0.5, 0.6) is 5.75 Å². The Labute approximate surface area is 191 Å². The van der Waals surface area contributed by atoms with E-state index < -0.39 is 11.8 Å². The highest BCUT2D eigenvalue weighted by Crippen LogP contribution is 2.17. The number of carbonyl (C=O) groups excluding carboxylic acids is 3. The standard InChI is InChI=1S/C22H26N4O5S/c1-3-19(27)23-16-11-9-15(10-12-16)20(28)25-26-22(32)24-21(29)17-7-5-6-8-18(17)31-14-13-30-4-2/h5-12H,3-4,13-14H2,1-2H3,(H,23,27)(H,25,28)(H2,24,26,29,32). The number of benzene rings is 2. The Morgan fingerprint density at radius 3 is 2.31 bits per heavy atom. The second-order valence-corrected chi connectivity index (χ2v) is 6.79. The van der Waals surface area contributed by atoms with Gasteiger partial charge in [0.1, 0.15) is 12.4 Å². The topological polar surface area (TPSA) is 118 Å². The monoisotopic (exact) mass is 458 g/mol. The van der Waals surface area contributed by atoms with Gasteiger partial charge in [0.25, 0.3) is 11.8 Å². The van der Waals surface area contributed by atoms with Crippen LogP contribution in [0.15, 0.2) is 48.5 Å². The predicted molar refractivity (Wildman–Crippen MR) is 124 cm³/mol. The number of rotatable bonds is 9. The molecule has 9 nitrogen and oxygen atoms in total. The van der Waals surface area contributed by atoms with Gasteiger partial charge in [0.2, 0.25) is 5.91 Å². The van der Waals surface area contributed by atoms with Crippen LogP contribution in [0.1, 0.15) is 41.0 Å². The van der Waals surface area contributed by atoms with Gasteiger partial charge >= 0.3 is 0 Å². The number of hydrogen-bond acceptors (Lipinski definition) is 6. The number of carbonyl (C=O) groups is 3. The highest BCUT2D eigenvalue weighted by Gasteiger charge is 2.14. The van der Waals surface area contributed by atoms with Crippen LogP contribution in [-0.4, -0.2) is 42.7 Å². The van der Waals surface area contributed by atoms with Gasteiger partial charge in [-0.1, -0.05) is 19.1 Å². The van der Waals surface area contributed by atoms with Crippen LogP contribution in [0.3, 0.4) is 0 Å². The zero-order valence-corrected chi connectivity index (χ0v) is 18.7. The largest absolute Gasteiger partial charge is 0.490 e. The van der Waals surface area contributed by atoms with Crippen molar-refractivity contribution in [3.05, 3.63) is 59.7 Å². The molecule has 2 aromatic rings. The zero-order valence-electron chi connectivity index (χ0n) is 17.9. The van der Waals surface area contributed by atoms with Crippen molar-refractivity contribution in [3.8, 4) is 5.75 Å². The van der Waals surface area contributed by atoms with Gasteiger partial charge in [-0.15, -0.1) is 0 Å². The summed E-state index contributed by atoms with van der Waals surface area (Å²) in [5, 5.41) is 5.10. The van der Waals surface area contributed by atoms with Gasteiger partial charge in [-0.25, -0.2) is 0 Å². The second-order valence-electron chi connectivity index (χ2n) is 6.38. The van der Waals surface area contributed by atoms with Gasteiger partial charge in [-0.3, -0.25) is 30.6 Å². The summed E-state index contributed by atoms with van der Waals surface area (Å²) >= 11 is 5.08. The highest BCUT2D eigenvalue weighted by molar-refractivity contribution is 7.80. The summed E-state index contributed by atoms with van der Waals surface area (Å²) in [5.74, 6) is -0.674. The van der Waals surface area contributed by atoms with Gasteiger partial charge in [-0.2, -0.15) is 0 Å². The van der Waals surface area contributed by atoms with Crippen LogP contribution in [0.4, 0.5) is 5.69 Å². The molecule has 0 aromatic heterocycles. The number of anilines is 1. The predicted octanol–water partition coefficient (Wildman–Crippen LogP) is 2.40. The highest BCUT2D eigenvalue weighted by atomic mass is 32.1. The van der Waals surface area contributed by atoms with Crippen LogP contribution in [0, 0.1) is 0 Å². The van der Waals surface area contributed by atoms with E-state index in [0.29, 0.717) is 48.8 Å². The molecule has 170 valence electrons. The molecule has 0 fully saturated rings. The summed E-state index contributed by atoms with van der Waals surface area (Å²) in [5.41, 5.74) is 6.12. The van der Waals surface area contributed by atoms with E-state index in [4.69, 9.17) is 21.7 Å². The summed E-state index contributed by atoms with van der Waals surface area (Å²) in [7, 11) is 0. The zero-order chi connectivity index (χ0) is 23.3. The van der Waals surface area contributed by atoms with Crippen LogP contribution in [0.2, 0.25) is 0 Å². The van der Waals surface area contributed by atoms with E-state index in [1.54, 1.807) is 55.5 Å². The van der Waals surface area contributed by atoms with Crippen LogP contribution in [0.25, 0.3) is 0 Å². The first-order chi connectivity index (χ1) is 15.4. The minimum atomic E-state index is -0.486. The molecule has 0 saturated heterocycles. The number of hydrogen-bond donors (Lipinski definition) is 4. The molecule has 0 aliphatic rings. The number of amides is 3. The van der Waals surface area contributed by atoms with E-state index >= 15 is 0 Å². The first kappa shape index (κ1) is 24.8. The Balaban J connectivity index is 1.85. The molecule has 3 amide bonds. The molecular weight excluding hydrogens is 432 g/mol. The third kappa shape index (κ3) is 7.97. The van der Waals surface area contributed by atoms with E-state index in [1.807, 2.05) is 6.92 Å². The summed E-state index contributed by atoms with van der Waals surface area (Å²) < 4.78 is 10.8.